The summed E-state index contributed by atoms with van der Waals surface area (Å²) in [5, 5.41) is 9.41. The van der Waals surface area contributed by atoms with E-state index in [9.17, 15) is 13.9 Å². The van der Waals surface area contributed by atoms with Crippen molar-refractivity contribution < 1.29 is 13.9 Å². The van der Waals surface area contributed by atoms with Gasteiger partial charge in [-0.15, -0.1) is 0 Å². The topological polar surface area (TPSA) is 46.2 Å². The zero-order valence-corrected chi connectivity index (χ0v) is 9.57. The van der Waals surface area contributed by atoms with E-state index in [1.54, 1.807) is 0 Å². The highest BCUT2D eigenvalue weighted by Crippen LogP contribution is 2.34. The van der Waals surface area contributed by atoms with Gasteiger partial charge in [0.15, 0.2) is 0 Å². The van der Waals surface area contributed by atoms with Crippen LogP contribution in [0.3, 0.4) is 0 Å². The van der Waals surface area contributed by atoms with Gasteiger partial charge < -0.3 is 10.8 Å². The largest absolute Gasteiger partial charge is 0.393 e. The fourth-order valence-electron chi connectivity index (χ4n) is 2.49. The molecule has 0 aromatic heterocycles. The van der Waals surface area contributed by atoms with E-state index in [4.69, 9.17) is 5.73 Å². The van der Waals surface area contributed by atoms with Crippen LogP contribution in [0, 0.1) is 17.6 Å². The van der Waals surface area contributed by atoms with Crippen LogP contribution in [0.25, 0.3) is 0 Å². The first kappa shape index (κ1) is 12.5. The maximum Gasteiger partial charge on any atom is 0.130 e. The normalized spacial score (nSPS) is 26.8. The molecule has 4 heteroatoms. The lowest BCUT2D eigenvalue weighted by atomic mass is 9.80. The van der Waals surface area contributed by atoms with E-state index in [0.717, 1.165) is 18.9 Å². The molecule has 1 fully saturated rings. The highest BCUT2D eigenvalue weighted by Gasteiger charge is 2.27. The maximum atomic E-state index is 13.6. The van der Waals surface area contributed by atoms with Crippen molar-refractivity contribution in [2.45, 2.75) is 37.8 Å². The summed E-state index contributed by atoms with van der Waals surface area (Å²) >= 11 is 0. The SMILES string of the molecule is NC(c1ccc(F)cc1F)C1CCC(O)CC1. The van der Waals surface area contributed by atoms with Crippen molar-refractivity contribution in [2.24, 2.45) is 11.7 Å². The van der Waals surface area contributed by atoms with E-state index < -0.39 is 17.7 Å². The first-order chi connectivity index (χ1) is 8.08. The number of rotatable bonds is 2. The van der Waals surface area contributed by atoms with Crippen LogP contribution in [-0.2, 0) is 0 Å². The molecule has 0 saturated heterocycles. The van der Waals surface area contributed by atoms with Gasteiger partial charge in [-0.1, -0.05) is 6.07 Å². The molecule has 0 spiro atoms. The van der Waals surface area contributed by atoms with E-state index in [-0.39, 0.29) is 12.0 Å². The highest BCUT2D eigenvalue weighted by molar-refractivity contribution is 5.22. The zero-order chi connectivity index (χ0) is 12.4. The molecule has 1 saturated carbocycles. The van der Waals surface area contributed by atoms with Gasteiger partial charge in [-0.2, -0.15) is 0 Å². The molecule has 0 aliphatic heterocycles. The van der Waals surface area contributed by atoms with Gasteiger partial charge in [-0.3, -0.25) is 0 Å². The third kappa shape index (κ3) is 2.82. The molecule has 2 rings (SSSR count). The predicted octanol–water partition coefficient (Wildman–Crippen LogP) is 2.52. The van der Waals surface area contributed by atoms with Crippen LogP contribution in [-0.4, -0.2) is 11.2 Å². The van der Waals surface area contributed by atoms with E-state index in [1.807, 2.05) is 0 Å². The predicted molar refractivity (Wildman–Crippen MR) is 61.3 cm³/mol. The summed E-state index contributed by atoms with van der Waals surface area (Å²) in [6.07, 6.45) is 2.75. The number of nitrogens with two attached hydrogens (primary N) is 1. The van der Waals surface area contributed by atoms with Crippen molar-refractivity contribution >= 4 is 0 Å². The quantitative estimate of drug-likeness (QED) is 0.835. The Morgan fingerprint density at radius 2 is 1.82 bits per heavy atom. The molecule has 94 valence electrons. The summed E-state index contributed by atoms with van der Waals surface area (Å²) in [6.45, 7) is 0. The first-order valence-corrected chi connectivity index (χ1v) is 5.96. The number of aliphatic hydroxyl groups is 1. The molecule has 1 unspecified atom stereocenters. The Morgan fingerprint density at radius 3 is 2.41 bits per heavy atom. The number of hydrogen-bond donors (Lipinski definition) is 2. The number of aliphatic hydroxyl groups excluding tert-OH is 1. The second kappa shape index (κ2) is 5.10. The van der Waals surface area contributed by atoms with Gasteiger partial charge in [-0.05, 0) is 37.7 Å². The summed E-state index contributed by atoms with van der Waals surface area (Å²) in [7, 11) is 0. The molecule has 2 nitrogen and oxygen atoms in total. The van der Waals surface area contributed by atoms with Gasteiger partial charge in [0.1, 0.15) is 11.6 Å². The molecule has 1 aliphatic rings. The monoisotopic (exact) mass is 241 g/mol. The molecule has 0 heterocycles. The molecule has 0 amide bonds. The minimum atomic E-state index is -0.586. The minimum absolute atomic E-state index is 0.165. The van der Waals surface area contributed by atoms with Gasteiger partial charge in [0.05, 0.1) is 6.10 Å². The van der Waals surface area contributed by atoms with Crippen LogP contribution in [0.1, 0.15) is 37.3 Å². The molecule has 1 aromatic carbocycles. The molecule has 1 aromatic rings. The summed E-state index contributed by atoms with van der Waals surface area (Å²) in [4.78, 5) is 0. The molecular formula is C13H17F2NO. The van der Waals surface area contributed by atoms with Crippen LogP contribution >= 0.6 is 0 Å². The van der Waals surface area contributed by atoms with Crippen molar-refractivity contribution in [1.82, 2.24) is 0 Å². The summed E-state index contributed by atoms with van der Waals surface area (Å²) in [5.74, 6) is -1.00. The van der Waals surface area contributed by atoms with Gasteiger partial charge in [0, 0.05) is 17.7 Å². The van der Waals surface area contributed by atoms with Crippen LogP contribution in [0.4, 0.5) is 8.78 Å². The zero-order valence-electron chi connectivity index (χ0n) is 9.57. The van der Waals surface area contributed by atoms with E-state index >= 15 is 0 Å². The smallest absolute Gasteiger partial charge is 0.130 e. The van der Waals surface area contributed by atoms with E-state index in [2.05, 4.69) is 0 Å². The van der Waals surface area contributed by atoms with Crippen molar-refractivity contribution in [3.63, 3.8) is 0 Å². The first-order valence-electron chi connectivity index (χ1n) is 5.96. The molecule has 1 atom stereocenters. The summed E-state index contributed by atoms with van der Waals surface area (Å²) in [6, 6.07) is 3.10. The van der Waals surface area contributed by atoms with Crippen molar-refractivity contribution in [2.75, 3.05) is 0 Å². The molecule has 3 N–H and O–H groups in total. The lowest BCUT2D eigenvalue weighted by Crippen LogP contribution is -2.28. The lowest BCUT2D eigenvalue weighted by Gasteiger charge is -2.30. The fourth-order valence-corrected chi connectivity index (χ4v) is 2.49. The third-order valence-electron chi connectivity index (χ3n) is 3.57. The number of benzene rings is 1. The second-order valence-corrected chi connectivity index (χ2v) is 4.76. The Hall–Kier alpha value is -1.00. The Labute approximate surface area is 99.4 Å². The van der Waals surface area contributed by atoms with E-state index in [1.165, 1.54) is 12.1 Å². The number of halogens is 2. The van der Waals surface area contributed by atoms with Crippen LogP contribution in [0.15, 0.2) is 18.2 Å². The Kier molecular flexibility index (Phi) is 3.74. The molecular weight excluding hydrogens is 224 g/mol. The average molecular weight is 241 g/mol. The summed E-state index contributed by atoms with van der Waals surface area (Å²) in [5.41, 5.74) is 6.39. The molecule has 17 heavy (non-hydrogen) atoms. The second-order valence-electron chi connectivity index (χ2n) is 4.76. The van der Waals surface area contributed by atoms with Crippen LogP contribution in [0.5, 0.6) is 0 Å². The standard InChI is InChI=1S/C13H17F2NO/c14-9-3-6-11(12(15)7-9)13(16)8-1-4-10(17)5-2-8/h3,6-8,10,13,17H,1-2,4-5,16H2. The summed E-state index contributed by atoms with van der Waals surface area (Å²) < 4.78 is 26.4. The minimum Gasteiger partial charge on any atom is -0.393 e. The van der Waals surface area contributed by atoms with Gasteiger partial charge in [0.25, 0.3) is 0 Å². The van der Waals surface area contributed by atoms with Gasteiger partial charge in [-0.25, -0.2) is 8.78 Å². The number of hydrogen-bond acceptors (Lipinski definition) is 2. The third-order valence-corrected chi connectivity index (χ3v) is 3.57. The molecule has 1 aliphatic carbocycles. The van der Waals surface area contributed by atoms with Crippen molar-refractivity contribution in [3.05, 3.63) is 35.4 Å². The average Bonchev–Trinajstić information content (AvgIpc) is 2.29. The fraction of sp³-hybridized carbons (Fsp3) is 0.538. The van der Waals surface area contributed by atoms with E-state index in [0.29, 0.717) is 18.4 Å². The van der Waals surface area contributed by atoms with Crippen LogP contribution in [0.2, 0.25) is 0 Å². The lowest BCUT2D eigenvalue weighted by molar-refractivity contribution is 0.101. The van der Waals surface area contributed by atoms with Crippen LogP contribution < -0.4 is 5.73 Å². The van der Waals surface area contributed by atoms with Crippen molar-refractivity contribution in [1.29, 1.82) is 0 Å². The molecule has 0 bridgehead atoms. The Bertz CT molecular complexity index is 389. The Balaban J connectivity index is 2.11. The van der Waals surface area contributed by atoms with Gasteiger partial charge >= 0.3 is 0 Å². The van der Waals surface area contributed by atoms with Crippen molar-refractivity contribution in [3.8, 4) is 0 Å². The molecule has 0 radical (unpaired) electrons. The maximum absolute atomic E-state index is 13.6. The highest BCUT2D eigenvalue weighted by atomic mass is 19.1. The Morgan fingerprint density at radius 1 is 1.18 bits per heavy atom. The van der Waals surface area contributed by atoms with Gasteiger partial charge in [0.2, 0.25) is 0 Å².